The molecule has 1 unspecified atom stereocenters. The topological polar surface area (TPSA) is 38.3 Å². The van der Waals surface area contributed by atoms with Gasteiger partial charge in [-0.25, -0.2) is 0 Å². The summed E-state index contributed by atoms with van der Waals surface area (Å²) in [6.07, 6.45) is 4.78. The standard InChI is InChI=1S/C12H13NO2/c1-4-10-6-5-7-11(8-10)13-12(14)9(2)15-3/h1,5-9H,2-3H3,(H,13,14). The van der Waals surface area contributed by atoms with Crippen LogP contribution in [-0.4, -0.2) is 19.1 Å². The molecule has 0 spiro atoms. The first kappa shape index (κ1) is 11.3. The van der Waals surface area contributed by atoms with Gasteiger partial charge in [-0.1, -0.05) is 12.0 Å². The van der Waals surface area contributed by atoms with Gasteiger partial charge in [-0.15, -0.1) is 6.42 Å². The number of amides is 1. The summed E-state index contributed by atoms with van der Waals surface area (Å²) in [5, 5.41) is 2.71. The van der Waals surface area contributed by atoms with E-state index in [9.17, 15) is 4.79 Å². The van der Waals surface area contributed by atoms with Crippen molar-refractivity contribution in [3.05, 3.63) is 29.8 Å². The molecule has 1 atom stereocenters. The molecule has 0 saturated heterocycles. The molecule has 0 aliphatic rings. The highest BCUT2D eigenvalue weighted by Crippen LogP contribution is 2.10. The molecule has 0 aliphatic heterocycles. The number of hydrogen-bond acceptors (Lipinski definition) is 2. The summed E-state index contributed by atoms with van der Waals surface area (Å²) < 4.78 is 4.89. The van der Waals surface area contributed by atoms with E-state index in [1.807, 2.05) is 0 Å². The second-order valence-electron chi connectivity index (χ2n) is 3.09. The van der Waals surface area contributed by atoms with Gasteiger partial charge in [0.25, 0.3) is 5.91 Å². The van der Waals surface area contributed by atoms with Crippen LogP contribution in [0, 0.1) is 12.3 Å². The van der Waals surface area contributed by atoms with Gasteiger partial charge < -0.3 is 10.1 Å². The lowest BCUT2D eigenvalue weighted by atomic mass is 10.2. The van der Waals surface area contributed by atoms with Crippen LogP contribution in [0.2, 0.25) is 0 Å². The number of benzene rings is 1. The molecule has 3 heteroatoms. The van der Waals surface area contributed by atoms with E-state index in [1.54, 1.807) is 31.2 Å². The van der Waals surface area contributed by atoms with Gasteiger partial charge in [0.05, 0.1) is 0 Å². The van der Waals surface area contributed by atoms with Crippen LogP contribution in [0.5, 0.6) is 0 Å². The lowest BCUT2D eigenvalue weighted by Crippen LogP contribution is -2.26. The van der Waals surface area contributed by atoms with Crippen molar-refractivity contribution >= 4 is 11.6 Å². The number of carbonyl (C=O) groups is 1. The molecular formula is C12H13NO2. The molecule has 0 aromatic heterocycles. The van der Waals surface area contributed by atoms with Crippen molar-refractivity contribution in [2.24, 2.45) is 0 Å². The van der Waals surface area contributed by atoms with Crippen molar-refractivity contribution in [1.82, 2.24) is 0 Å². The first-order valence-electron chi connectivity index (χ1n) is 4.57. The monoisotopic (exact) mass is 203 g/mol. The fraction of sp³-hybridized carbons (Fsp3) is 0.250. The number of nitrogens with one attached hydrogen (secondary N) is 1. The summed E-state index contributed by atoms with van der Waals surface area (Å²) in [6.45, 7) is 1.68. The Bertz CT molecular complexity index is 393. The highest BCUT2D eigenvalue weighted by Gasteiger charge is 2.11. The van der Waals surface area contributed by atoms with Crippen molar-refractivity contribution in [1.29, 1.82) is 0 Å². The minimum atomic E-state index is -0.473. The summed E-state index contributed by atoms with van der Waals surface area (Å²) in [4.78, 5) is 11.5. The second kappa shape index (κ2) is 5.18. The van der Waals surface area contributed by atoms with Crippen LogP contribution in [0.1, 0.15) is 12.5 Å². The van der Waals surface area contributed by atoms with Crippen LogP contribution >= 0.6 is 0 Å². The minimum Gasteiger partial charge on any atom is -0.372 e. The summed E-state index contributed by atoms with van der Waals surface area (Å²) in [6, 6.07) is 7.11. The fourth-order valence-corrected chi connectivity index (χ4v) is 1.04. The van der Waals surface area contributed by atoms with Crippen LogP contribution in [0.3, 0.4) is 0 Å². The maximum Gasteiger partial charge on any atom is 0.253 e. The molecule has 1 N–H and O–H groups in total. The molecule has 1 aromatic carbocycles. The summed E-state index contributed by atoms with van der Waals surface area (Å²) in [7, 11) is 1.49. The van der Waals surface area contributed by atoms with E-state index in [4.69, 9.17) is 11.2 Å². The quantitative estimate of drug-likeness (QED) is 0.758. The van der Waals surface area contributed by atoms with Crippen LogP contribution in [0.25, 0.3) is 0 Å². The molecule has 0 saturated carbocycles. The predicted octanol–water partition coefficient (Wildman–Crippen LogP) is 1.64. The lowest BCUT2D eigenvalue weighted by molar-refractivity contribution is -0.124. The molecule has 0 bridgehead atoms. The Morgan fingerprint density at radius 1 is 1.60 bits per heavy atom. The van der Waals surface area contributed by atoms with Gasteiger partial charge in [0.1, 0.15) is 6.10 Å². The largest absolute Gasteiger partial charge is 0.372 e. The third-order valence-corrected chi connectivity index (χ3v) is 2.02. The average molecular weight is 203 g/mol. The van der Waals surface area contributed by atoms with Crippen molar-refractivity contribution in [3.63, 3.8) is 0 Å². The van der Waals surface area contributed by atoms with Crippen molar-refractivity contribution in [2.45, 2.75) is 13.0 Å². The molecule has 15 heavy (non-hydrogen) atoms. The van der Waals surface area contributed by atoms with Gasteiger partial charge in [0, 0.05) is 18.4 Å². The van der Waals surface area contributed by atoms with E-state index >= 15 is 0 Å². The molecule has 1 amide bonds. The Kier molecular flexibility index (Phi) is 3.90. The first-order chi connectivity index (χ1) is 7.17. The zero-order valence-corrected chi connectivity index (χ0v) is 8.78. The number of hydrogen-bond donors (Lipinski definition) is 1. The smallest absolute Gasteiger partial charge is 0.253 e. The summed E-state index contributed by atoms with van der Waals surface area (Å²) in [5.41, 5.74) is 1.41. The lowest BCUT2D eigenvalue weighted by Gasteiger charge is -2.10. The number of methoxy groups -OCH3 is 1. The fourth-order valence-electron chi connectivity index (χ4n) is 1.04. The average Bonchev–Trinajstić information content (AvgIpc) is 2.28. The van der Waals surface area contributed by atoms with Crippen molar-refractivity contribution in [2.75, 3.05) is 12.4 Å². The van der Waals surface area contributed by atoms with Gasteiger partial charge in [0.15, 0.2) is 0 Å². The maximum absolute atomic E-state index is 11.5. The van der Waals surface area contributed by atoms with Gasteiger partial charge in [-0.05, 0) is 25.1 Å². The van der Waals surface area contributed by atoms with Gasteiger partial charge >= 0.3 is 0 Å². The Morgan fingerprint density at radius 2 is 2.33 bits per heavy atom. The maximum atomic E-state index is 11.5. The zero-order chi connectivity index (χ0) is 11.3. The molecule has 0 aliphatic carbocycles. The minimum absolute atomic E-state index is 0.188. The predicted molar refractivity (Wildman–Crippen MR) is 59.5 cm³/mol. The zero-order valence-electron chi connectivity index (χ0n) is 8.78. The molecule has 78 valence electrons. The van der Waals surface area contributed by atoms with Crippen molar-refractivity contribution < 1.29 is 9.53 Å². The number of terminal acetylenes is 1. The highest BCUT2D eigenvalue weighted by atomic mass is 16.5. The number of rotatable bonds is 3. The summed E-state index contributed by atoms with van der Waals surface area (Å²) in [5.74, 6) is 2.31. The molecule has 0 radical (unpaired) electrons. The van der Waals surface area contributed by atoms with Gasteiger partial charge in [-0.2, -0.15) is 0 Å². The van der Waals surface area contributed by atoms with Crippen LogP contribution < -0.4 is 5.32 Å². The molecule has 1 rings (SSSR count). The van der Waals surface area contributed by atoms with Crippen LogP contribution in [0.15, 0.2) is 24.3 Å². The van der Waals surface area contributed by atoms with Crippen LogP contribution in [-0.2, 0) is 9.53 Å². The first-order valence-corrected chi connectivity index (χ1v) is 4.57. The molecule has 3 nitrogen and oxygen atoms in total. The van der Waals surface area contributed by atoms with E-state index in [2.05, 4.69) is 11.2 Å². The normalized spacial score (nSPS) is 11.5. The van der Waals surface area contributed by atoms with E-state index in [0.717, 1.165) is 5.56 Å². The third-order valence-electron chi connectivity index (χ3n) is 2.02. The highest BCUT2D eigenvalue weighted by molar-refractivity contribution is 5.94. The molecule has 0 heterocycles. The molecule has 0 fully saturated rings. The van der Waals surface area contributed by atoms with Crippen molar-refractivity contribution in [3.8, 4) is 12.3 Å². The number of ether oxygens (including phenoxy) is 1. The number of anilines is 1. The molecule has 1 aromatic rings. The summed E-state index contributed by atoms with van der Waals surface area (Å²) >= 11 is 0. The van der Waals surface area contributed by atoms with E-state index in [0.29, 0.717) is 5.69 Å². The van der Waals surface area contributed by atoms with Gasteiger partial charge in [0.2, 0.25) is 0 Å². The Balaban J connectivity index is 2.73. The Morgan fingerprint density at radius 3 is 2.93 bits per heavy atom. The Hall–Kier alpha value is -1.79. The molecular weight excluding hydrogens is 190 g/mol. The van der Waals surface area contributed by atoms with E-state index in [1.165, 1.54) is 7.11 Å². The second-order valence-corrected chi connectivity index (χ2v) is 3.09. The van der Waals surface area contributed by atoms with E-state index in [-0.39, 0.29) is 5.91 Å². The van der Waals surface area contributed by atoms with E-state index < -0.39 is 6.10 Å². The third kappa shape index (κ3) is 3.12. The SMILES string of the molecule is C#Cc1cccc(NC(=O)C(C)OC)c1. The van der Waals surface area contributed by atoms with Crippen LogP contribution in [0.4, 0.5) is 5.69 Å². The number of carbonyl (C=O) groups excluding carboxylic acids is 1. The van der Waals surface area contributed by atoms with Gasteiger partial charge in [-0.3, -0.25) is 4.79 Å². The Labute approximate surface area is 89.4 Å².